The van der Waals surface area contributed by atoms with Crippen LogP contribution in [0.1, 0.15) is 56.1 Å². The number of nitrogens with one attached hydrogen (secondary N) is 2. The Morgan fingerprint density at radius 2 is 2.25 bits per heavy atom. The number of nitrogens with zero attached hydrogens (tertiary/aromatic N) is 5. The Bertz CT molecular complexity index is 703. The number of amides is 2. The summed E-state index contributed by atoms with van der Waals surface area (Å²) in [6, 6.07) is 2.10. The molecule has 2 N–H and O–H groups in total. The van der Waals surface area contributed by atoms with E-state index in [0.717, 1.165) is 36.7 Å². The van der Waals surface area contributed by atoms with E-state index in [-0.39, 0.29) is 12.1 Å². The van der Waals surface area contributed by atoms with Gasteiger partial charge in [-0.2, -0.15) is 10.2 Å². The molecule has 1 aliphatic heterocycles. The van der Waals surface area contributed by atoms with Gasteiger partial charge in [0.1, 0.15) is 11.6 Å². The Labute approximate surface area is 141 Å². The largest absolute Gasteiger partial charge is 0.338 e. The maximum absolute atomic E-state index is 12.1. The number of urea groups is 1. The van der Waals surface area contributed by atoms with Crippen molar-refractivity contribution in [2.75, 3.05) is 6.54 Å². The maximum atomic E-state index is 12.1. The van der Waals surface area contributed by atoms with Gasteiger partial charge in [-0.05, 0) is 39.7 Å². The van der Waals surface area contributed by atoms with E-state index in [9.17, 15) is 4.79 Å². The lowest BCUT2D eigenvalue weighted by atomic mass is 10.1. The Balaban J connectivity index is 1.48. The molecule has 3 heterocycles. The second-order valence-corrected chi connectivity index (χ2v) is 6.47. The van der Waals surface area contributed by atoms with E-state index in [2.05, 4.69) is 39.7 Å². The van der Waals surface area contributed by atoms with Crippen LogP contribution in [0.4, 0.5) is 4.79 Å². The van der Waals surface area contributed by atoms with Gasteiger partial charge >= 0.3 is 6.03 Å². The standard InChI is InChI=1S/C16H25N7O/c1-11(2)22-10-7-13(21-22)6-8-17-16(24)19-14-5-4-9-23-15(14)18-12(3)20-23/h7,10-11,14H,4-6,8-9H2,1-3H3,(H2,17,19,24)/t14-/m1/s1. The van der Waals surface area contributed by atoms with Crippen molar-refractivity contribution in [1.82, 2.24) is 35.2 Å². The van der Waals surface area contributed by atoms with E-state index >= 15 is 0 Å². The summed E-state index contributed by atoms with van der Waals surface area (Å²) in [5, 5.41) is 14.7. The molecule has 0 bridgehead atoms. The highest BCUT2D eigenvalue weighted by atomic mass is 16.2. The average Bonchev–Trinajstić information content (AvgIpc) is 3.13. The Morgan fingerprint density at radius 1 is 1.42 bits per heavy atom. The van der Waals surface area contributed by atoms with Crippen LogP contribution in [0.5, 0.6) is 0 Å². The van der Waals surface area contributed by atoms with Crippen LogP contribution < -0.4 is 10.6 Å². The molecule has 0 fully saturated rings. The van der Waals surface area contributed by atoms with Crippen molar-refractivity contribution in [2.24, 2.45) is 0 Å². The first-order valence-electron chi connectivity index (χ1n) is 8.52. The minimum atomic E-state index is -0.169. The highest BCUT2D eigenvalue weighted by Crippen LogP contribution is 2.22. The summed E-state index contributed by atoms with van der Waals surface area (Å²) in [6.07, 6.45) is 4.57. The fourth-order valence-electron chi connectivity index (χ4n) is 2.92. The molecule has 3 rings (SSSR count). The van der Waals surface area contributed by atoms with E-state index in [1.165, 1.54) is 0 Å². The number of hydrogen-bond acceptors (Lipinski definition) is 4. The zero-order valence-electron chi connectivity index (χ0n) is 14.5. The first kappa shape index (κ1) is 16.5. The molecular formula is C16H25N7O. The SMILES string of the molecule is Cc1nc2n(n1)CCC[C@H]2NC(=O)NCCc1ccn(C(C)C)n1. The van der Waals surface area contributed by atoms with Crippen LogP contribution in [-0.4, -0.2) is 37.1 Å². The van der Waals surface area contributed by atoms with Crippen molar-refractivity contribution < 1.29 is 4.79 Å². The number of hydrogen-bond donors (Lipinski definition) is 2. The summed E-state index contributed by atoms with van der Waals surface area (Å²) in [6.45, 7) is 7.48. The molecular weight excluding hydrogens is 306 g/mol. The van der Waals surface area contributed by atoms with Gasteiger partial charge in [0, 0.05) is 31.7 Å². The van der Waals surface area contributed by atoms with Gasteiger partial charge in [-0.15, -0.1) is 0 Å². The first-order chi connectivity index (χ1) is 11.5. The molecule has 24 heavy (non-hydrogen) atoms. The summed E-state index contributed by atoms with van der Waals surface area (Å²) in [5.74, 6) is 1.60. The number of aryl methyl sites for hydroxylation is 2. The number of carbonyl (C=O) groups is 1. The Hall–Kier alpha value is -2.38. The van der Waals surface area contributed by atoms with E-state index in [1.54, 1.807) is 0 Å². The summed E-state index contributed by atoms with van der Waals surface area (Å²) in [5.41, 5.74) is 0.983. The third-order valence-electron chi connectivity index (χ3n) is 4.15. The van der Waals surface area contributed by atoms with Crippen molar-refractivity contribution >= 4 is 6.03 Å². The van der Waals surface area contributed by atoms with E-state index in [1.807, 2.05) is 28.6 Å². The van der Waals surface area contributed by atoms with Crippen molar-refractivity contribution in [3.8, 4) is 0 Å². The third kappa shape index (κ3) is 3.74. The molecule has 0 aromatic carbocycles. The number of fused-ring (bicyclic) bond motifs is 1. The first-order valence-corrected chi connectivity index (χ1v) is 8.52. The van der Waals surface area contributed by atoms with Crippen molar-refractivity contribution in [3.05, 3.63) is 29.6 Å². The molecule has 0 spiro atoms. The number of carbonyl (C=O) groups excluding carboxylic acids is 1. The normalized spacial score (nSPS) is 16.9. The van der Waals surface area contributed by atoms with Gasteiger partial charge < -0.3 is 10.6 Å². The molecule has 8 nitrogen and oxygen atoms in total. The smallest absolute Gasteiger partial charge is 0.315 e. The van der Waals surface area contributed by atoms with Gasteiger partial charge in [-0.1, -0.05) is 0 Å². The minimum absolute atomic E-state index is 0.0694. The molecule has 2 aromatic heterocycles. The lowest BCUT2D eigenvalue weighted by Crippen LogP contribution is -2.40. The van der Waals surface area contributed by atoms with Crippen LogP contribution >= 0.6 is 0 Å². The molecule has 8 heteroatoms. The van der Waals surface area contributed by atoms with Gasteiger partial charge in [0.05, 0.1) is 11.7 Å². The highest BCUT2D eigenvalue weighted by Gasteiger charge is 2.24. The lowest BCUT2D eigenvalue weighted by Gasteiger charge is -2.23. The average molecular weight is 331 g/mol. The van der Waals surface area contributed by atoms with Crippen LogP contribution in [0.15, 0.2) is 12.3 Å². The fourth-order valence-corrected chi connectivity index (χ4v) is 2.92. The van der Waals surface area contributed by atoms with Crippen LogP contribution in [0.2, 0.25) is 0 Å². The fraction of sp³-hybridized carbons (Fsp3) is 0.625. The number of rotatable bonds is 5. The molecule has 0 saturated heterocycles. The van der Waals surface area contributed by atoms with Crippen molar-refractivity contribution in [3.63, 3.8) is 0 Å². The maximum Gasteiger partial charge on any atom is 0.315 e. The van der Waals surface area contributed by atoms with Gasteiger partial charge in [-0.3, -0.25) is 4.68 Å². The monoisotopic (exact) mass is 331 g/mol. The predicted octanol–water partition coefficient (Wildman–Crippen LogP) is 1.74. The van der Waals surface area contributed by atoms with Gasteiger partial charge in [0.2, 0.25) is 0 Å². The van der Waals surface area contributed by atoms with Crippen LogP contribution in [0.25, 0.3) is 0 Å². The van der Waals surface area contributed by atoms with Gasteiger partial charge in [-0.25, -0.2) is 14.5 Å². The second kappa shape index (κ2) is 7.02. The second-order valence-electron chi connectivity index (χ2n) is 6.47. The summed E-state index contributed by atoms with van der Waals surface area (Å²) < 4.78 is 3.81. The van der Waals surface area contributed by atoms with Crippen LogP contribution in [0, 0.1) is 6.92 Å². The quantitative estimate of drug-likeness (QED) is 0.873. The summed E-state index contributed by atoms with van der Waals surface area (Å²) in [7, 11) is 0. The molecule has 1 atom stereocenters. The van der Waals surface area contributed by atoms with Crippen LogP contribution in [-0.2, 0) is 13.0 Å². The number of aromatic nitrogens is 5. The van der Waals surface area contributed by atoms with Gasteiger partial charge in [0.25, 0.3) is 0 Å². The van der Waals surface area contributed by atoms with Gasteiger partial charge in [0.15, 0.2) is 0 Å². The lowest BCUT2D eigenvalue weighted by molar-refractivity contribution is 0.233. The zero-order valence-corrected chi connectivity index (χ0v) is 14.5. The molecule has 2 amide bonds. The molecule has 1 aliphatic rings. The highest BCUT2D eigenvalue weighted by molar-refractivity contribution is 5.74. The van der Waals surface area contributed by atoms with Crippen molar-refractivity contribution in [2.45, 2.75) is 58.7 Å². The Kier molecular flexibility index (Phi) is 4.82. The molecule has 2 aromatic rings. The molecule has 0 saturated carbocycles. The topological polar surface area (TPSA) is 89.7 Å². The van der Waals surface area contributed by atoms with Crippen LogP contribution in [0.3, 0.4) is 0 Å². The molecule has 0 aliphatic carbocycles. The van der Waals surface area contributed by atoms with E-state index in [0.29, 0.717) is 19.0 Å². The molecule has 130 valence electrons. The zero-order chi connectivity index (χ0) is 17.1. The molecule has 0 radical (unpaired) electrons. The van der Waals surface area contributed by atoms with E-state index < -0.39 is 0 Å². The minimum Gasteiger partial charge on any atom is -0.338 e. The predicted molar refractivity (Wildman–Crippen MR) is 89.6 cm³/mol. The summed E-state index contributed by atoms with van der Waals surface area (Å²) >= 11 is 0. The third-order valence-corrected chi connectivity index (χ3v) is 4.15. The van der Waals surface area contributed by atoms with E-state index in [4.69, 9.17) is 0 Å². The van der Waals surface area contributed by atoms with Crippen molar-refractivity contribution in [1.29, 1.82) is 0 Å². The summed E-state index contributed by atoms with van der Waals surface area (Å²) in [4.78, 5) is 16.6. The molecule has 0 unspecified atom stereocenters. The Morgan fingerprint density at radius 3 is 3.00 bits per heavy atom.